The monoisotopic (exact) mass is 454 g/mol. The van der Waals surface area contributed by atoms with Gasteiger partial charge in [-0.15, -0.1) is 11.3 Å². The van der Waals surface area contributed by atoms with Gasteiger partial charge in [-0.25, -0.2) is 4.98 Å². The van der Waals surface area contributed by atoms with Gasteiger partial charge >= 0.3 is 0 Å². The van der Waals surface area contributed by atoms with Gasteiger partial charge in [0.15, 0.2) is 0 Å². The van der Waals surface area contributed by atoms with Gasteiger partial charge in [0.2, 0.25) is 5.91 Å². The summed E-state index contributed by atoms with van der Waals surface area (Å²) in [7, 11) is -1.24. The summed E-state index contributed by atoms with van der Waals surface area (Å²) in [6.45, 7) is 1.74. The molecular weight excluding hydrogens is 428 g/mol. The molecule has 162 valence electrons. The van der Waals surface area contributed by atoms with E-state index in [1.807, 2.05) is 60.0 Å². The molecule has 31 heavy (non-hydrogen) atoms. The van der Waals surface area contributed by atoms with E-state index in [9.17, 15) is 14.1 Å². The average molecular weight is 455 g/mol. The van der Waals surface area contributed by atoms with Crippen molar-refractivity contribution in [3.63, 3.8) is 0 Å². The molecule has 1 aliphatic heterocycles. The lowest BCUT2D eigenvalue weighted by atomic mass is 10.0. The van der Waals surface area contributed by atoms with E-state index in [4.69, 9.17) is 0 Å². The Morgan fingerprint density at radius 2 is 1.90 bits per heavy atom. The SMILES string of the molecule is CC1C(=O)N(c2ccc(C(O)Cc3ccccc3)cc2)C(CCCc2nccs2)S1=O. The number of nitrogens with zero attached hydrogens (tertiary/aromatic N) is 2. The average Bonchev–Trinajstić information content (AvgIpc) is 3.38. The van der Waals surface area contributed by atoms with Gasteiger partial charge in [0.05, 0.1) is 21.9 Å². The van der Waals surface area contributed by atoms with Crippen molar-refractivity contribution in [2.24, 2.45) is 0 Å². The quantitative estimate of drug-likeness (QED) is 0.552. The minimum Gasteiger partial charge on any atom is -0.388 e. The summed E-state index contributed by atoms with van der Waals surface area (Å²) in [5, 5.41) is 12.8. The fourth-order valence-electron chi connectivity index (χ4n) is 3.93. The van der Waals surface area contributed by atoms with Crippen molar-refractivity contribution in [3.8, 4) is 0 Å². The first-order valence-electron chi connectivity index (χ1n) is 10.5. The molecule has 2 heterocycles. The van der Waals surface area contributed by atoms with Gasteiger partial charge in [-0.1, -0.05) is 42.5 Å². The summed E-state index contributed by atoms with van der Waals surface area (Å²) >= 11 is 1.62. The molecular formula is C24H26N2O3S2. The largest absolute Gasteiger partial charge is 0.388 e. The third-order valence-electron chi connectivity index (χ3n) is 5.64. The number of benzene rings is 2. The summed E-state index contributed by atoms with van der Waals surface area (Å²) in [6.07, 6.45) is 4.03. The van der Waals surface area contributed by atoms with Crippen molar-refractivity contribution in [3.05, 3.63) is 82.3 Å². The van der Waals surface area contributed by atoms with Crippen LogP contribution in [0.5, 0.6) is 0 Å². The van der Waals surface area contributed by atoms with E-state index in [-0.39, 0.29) is 11.3 Å². The van der Waals surface area contributed by atoms with E-state index < -0.39 is 22.2 Å². The molecule has 0 saturated carbocycles. The second-order valence-corrected chi connectivity index (χ2v) is 10.6. The van der Waals surface area contributed by atoms with Gasteiger partial charge in [0.1, 0.15) is 10.6 Å². The highest BCUT2D eigenvalue weighted by Crippen LogP contribution is 2.32. The maximum Gasteiger partial charge on any atom is 0.243 e. The van der Waals surface area contributed by atoms with Gasteiger partial charge in [-0.05, 0) is 49.4 Å². The third-order valence-corrected chi connectivity index (χ3v) is 8.36. The minimum atomic E-state index is -1.24. The van der Waals surface area contributed by atoms with Gasteiger partial charge in [-0.3, -0.25) is 13.9 Å². The molecule has 0 spiro atoms. The summed E-state index contributed by atoms with van der Waals surface area (Å²) < 4.78 is 12.9. The van der Waals surface area contributed by atoms with E-state index in [1.54, 1.807) is 29.4 Å². The van der Waals surface area contributed by atoms with Crippen LogP contribution in [0, 0.1) is 0 Å². The molecule has 0 bridgehead atoms. The lowest BCUT2D eigenvalue weighted by molar-refractivity contribution is -0.117. The van der Waals surface area contributed by atoms with Crippen LogP contribution in [0.25, 0.3) is 0 Å². The van der Waals surface area contributed by atoms with Crippen LogP contribution in [-0.4, -0.2) is 30.8 Å². The van der Waals surface area contributed by atoms with Gasteiger partial charge < -0.3 is 5.11 Å². The molecule has 4 atom stereocenters. The first kappa shape index (κ1) is 21.9. The predicted octanol–water partition coefficient (Wildman–Crippen LogP) is 4.25. The molecule has 1 N–H and O–H groups in total. The van der Waals surface area contributed by atoms with Crippen LogP contribution in [0.2, 0.25) is 0 Å². The zero-order valence-electron chi connectivity index (χ0n) is 17.4. The van der Waals surface area contributed by atoms with Gasteiger partial charge in [0, 0.05) is 23.7 Å². The summed E-state index contributed by atoms with van der Waals surface area (Å²) in [5.74, 6) is -0.102. The molecule has 0 radical (unpaired) electrons. The number of carbonyl (C=O) groups excluding carboxylic acids is 1. The zero-order valence-corrected chi connectivity index (χ0v) is 19.0. The molecule has 1 fully saturated rings. The number of aryl methyl sites for hydroxylation is 1. The molecule has 7 heteroatoms. The van der Waals surface area contributed by atoms with Crippen LogP contribution in [0.4, 0.5) is 5.69 Å². The first-order valence-corrected chi connectivity index (χ1v) is 12.6. The van der Waals surface area contributed by atoms with Crippen molar-refractivity contribution >= 4 is 33.7 Å². The molecule has 1 saturated heterocycles. The summed E-state index contributed by atoms with van der Waals surface area (Å²) in [4.78, 5) is 18.8. The topological polar surface area (TPSA) is 70.5 Å². The van der Waals surface area contributed by atoms with E-state index >= 15 is 0 Å². The second-order valence-electron chi connectivity index (χ2n) is 7.75. The molecule has 3 aromatic rings. The van der Waals surface area contributed by atoms with E-state index in [0.29, 0.717) is 12.8 Å². The van der Waals surface area contributed by atoms with Crippen molar-refractivity contribution < 1.29 is 14.1 Å². The number of thiazole rings is 1. The molecule has 1 aliphatic rings. The maximum absolute atomic E-state index is 12.9. The van der Waals surface area contributed by atoms with E-state index in [1.165, 1.54) is 0 Å². The predicted molar refractivity (Wildman–Crippen MR) is 125 cm³/mol. The highest BCUT2D eigenvalue weighted by atomic mass is 32.2. The Morgan fingerprint density at radius 3 is 2.58 bits per heavy atom. The fourth-order valence-corrected chi connectivity index (χ4v) is 6.21. The van der Waals surface area contributed by atoms with Crippen LogP contribution < -0.4 is 4.90 Å². The Kier molecular flexibility index (Phi) is 6.95. The zero-order chi connectivity index (χ0) is 21.8. The highest BCUT2D eigenvalue weighted by molar-refractivity contribution is 7.87. The number of aliphatic hydroxyl groups excluding tert-OH is 1. The molecule has 1 amide bonds. The Bertz CT molecular complexity index is 1020. The van der Waals surface area contributed by atoms with Crippen molar-refractivity contribution in [2.45, 2.75) is 49.3 Å². The number of aliphatic hydroxyl groups is 1. The maximum atomic E-state index is 12.9. The number of aromatic nitrogens is 1. The van der Waals surface area contributed by atoms with Crippen LogP contribution in [0.3, 0.4) is 0 Å². The Labute approximate surface area is 189 Å². The second kappa shape index (κ2) is 9.85. The molecule has 1 aromatic heterocycles. The minimum absolute atomic E-state index is 0.102. The molecule has 4 rings (SSSR count). The van der Waals surface area contributed by atoms with Crippen LogP contribution >= 0.6 is 11.3 Å². The number of rotatable bonds is 8. The molecule has 0 aliphatic carbocycles. The van der Waals surface area contributed by atoms with Crippen LogP contribution in [-0.2, 0) is 28.4 Å². The molecule has 2 aromatic carbocycles. The lowest BCUT2D eigenvalue weighted by Crippen LogP contribution is -2.34. The van der Waals surface area contributed by atoms with Gasteiger partial charge in [0.25, 0.3) is 0 Å². The Morgan fingerprint density at radius 1 is 1.16 bits per heavy atom. The number of carbonyl (C=O) groups is 1. The number of hydrogen-bond donors (Lipinski definition) is 1. The van der Waals surface area contributed by atoms with Crippen molar-refractivity contribution in [1.82, 2.24) is 4.98 Å². The normalized spacial score (nSPS) is 22.1. The van der Waals surface area contributed by atoms with E-state index in [0.717, 1.165) is 34.7 Å². The third kappa shape index (κ3) is 4.95. The number of anilines is 1. The first-order chi connectivity index (χ1) is 15.0. The van der Waals surface area contributed by atoms with Crippen molar-refractivity contribution in [2.75, 3.05) is 4.90 Å². The Hall–Kier alpha value is -2.35. The number of hydrogen-bond acceptors (Lipinski definition) is 5. The molecule has 4 unspecified atom stereocenters. The van der Waals surface area contributed by atoms with Crippen LogP contribution in [0.1, 0.15) is 42.0 Å². The van der Waals surface area contributed by atoms with E-state index in [2.05, 4.69) is 4.98 Å². The van der Waals surface area contributed by atoms with Crippen molar-refractivity contribution in [1.29, 1.82) is 0 Å². The molecule has 5 nitrogen and oxygen atoms in total. The smallest absolute Gasteiger partial charge is 0.243 e. The standard InChI is InChI=1S/C24H26N2O3S2/c1-17-24(28)26(23(31(17)29)9-5-8-22-25-14-15-30-22)20-12-10-19(11-13-20)21(27)16-18-6-3-2-4-7-18/h2-4,6-7,10-15,17,21,23,27H,5,8-9,16H2,1H3. The number of amides is 1. The lowest BCUT2D eigenvalue weighted by Gasteiger charge is -2.24. The van der Waals surface area contributed by atoms with Crippen LogP contribution in [0.15, 0.2) is 66.2 Å². The highest BCUT2D eigenvalue weighted by Gasteiger charge is 2.43. The summed E-state index contributed by atoms with van der Waals surface area (Å²) in [5.41, 5.74) is 2.60. The van der Waals surface area contributed by atoms with Gasteiger partial charge in [-0.2, -0.15) is 0 Å². The summed E-state index contributed by atoms with van der Waals surface area (Å²) in [6, 6.07) is 17.3. The Balaban J connectivity index is 1.46. The fraction of sp³-hybridized carbons (Fsp3) is 0.333.